The highest BCUT2D eigenvalue weighted by atomic mass is 19.3. The SMILES string of the molecule is CCC1(COCCCCCCOc2ccc(C(=O)Oc3c(C=N)cc(OC(F)(F)c4ccc(-c5ccc(OC(C)=O)cc5)c(F)c4F)c4ccccc34)cc2C)COC1. The number of unbranched alkanes of at least 4 members (excludes halogenated alkanes) is 3. The summed E-state index contributed by atoms with van der Waals surface area (Å²) in [4.78, 5) is 24.6. The molecule has 0 saturated carbocycles. The molecule has 0 atom stereocenters. The normalized spacial score (nSPS) is 13.4. The molecular weight excluding hydrogens is 770 g/mol. The van der Waals surface area contributed by atoms with Crippen molar-refractivity contribution in [2.45, 2.75) is 59.0 Å². The number of nitrogens with one attached hydrogen (secondary N) is 1. The lowest BCUT2D eigenvalue weighted by atomic mass is 9.84. The fourth-order valence-electron chi connectivity index (χ4n) is 6.70. The van der Waals surface area contributed by atoms with Crippen LogP contribution in [-0.4, -0.2) is 51.2 Å². The molecule has 1 saturated heterocycles. The van der Waals surface area contributed by atoms with E-state index in [-0.39, 0.29) is 49.9 Å². The van der Waals surface area contributed by atoms with E-state index in [2.05, 4.69) is 6.92 Å². The predicted molar refractivity (Wildman–Crippen MR) is 214 cm³/mol. The molecule has 1 aliphatic heterocycles. The number of hydrogen-bond acceptors (Lipinski definition) is 9. The summed E-state index contributed by atoms with van der Waals surface area (Å²) in [5.41, 5.74) is -0.509. The zero-order chi connectivity index (χ0) is 42.2. The molecular formula is C46H45F4NO8. The van der Waals surface area contributed by atoms with Gasteiger partial charge in [-0.2, -0.15) is 8.78 Å². The van der Waals surface area contributed by atoms with Crippen molar-refractivity contribution in [3.05, 3.63) is 119 Å². The molecule has 310 valence electrons. The first kappa shape index (κ1) is 42.8. The molecule has 13 heteroatoms. The number of aryl methyl sites for hydroxylation is 1. The summed E-state index contributed by atoms with van der Waals surface area (Å²) >= 11 is 0. The molecule has 0 bridgehead atoms. The standard InChI is InChI=1S/C46H45F4NO8/c1-4-45(27-55-28-45)26-54-21-9-5-6-10-22-56-39-20-15-32(23-29(39)2)44(53)58-43-33(25-51)24-40(36-11-7-8-12-37(36)43)59-46(49,50)38-19-18-35(41(47)42(38)48)31-13-16-34(17-14-31)57-30(3)52/h7-8,11-20,23-25,51H,4-6,9-10,21-22,26-28H2,1-3H3. The second-order valence-corrected chi connectivity index (χ2v) is 14.5. The third-order valence-corrected chi connectivity index (χ3v) is 10.2. The average Bonchev–Trinajstić information content (AvgIpc) is 3.20. The maximum Gasteiger partial charge on any atom is 0.429 e. The topological polar surface area (TPSA) is 113 Å². The van der Waals surface area contributed by atoms with Crippen molar-refractivity contribution in [1.29, 1.82) is 5.41 Å². The van der Waals surface area contributed by atoms with Crippen molar-refractivity contribution in [2.75, 3.05) is 33.0 Å². The van der Waals surface area contributed by atoms with Gasteiger partial charge in [0.05, 0.1) is 32.0 Å². The molecule has 0 aromatic heterocycles. The first-order valence-electron chi connectivity index (χ1n) is 19.4. The molecule has 1 heterocycles. The molecule has 59 heavy (non-hydrogen) atoms. The van der Waals surface area contributed by atoms with E-state index >= 15 is 17.6 Å². The number of hydrogen-bond donors (Lipinski definition) is 1. The Labute approximate surface area is 339 Å². The van der Waals surface area contributed by atoms with E-state index in [1.807, 2.05) is 0 Å². The molecule has 0 unspecified atom stereocenters. The lowest BCUT2D eigenvalue weighted by Gasteiger charge is -2.40. The van der Waals surface area contributed by atoms with Crippen molar-refractivity contribution in [2.24, 2.45) is 5.41 Å². The largest absolute Gasteiger partial charge is 0.493 e. The van der Waals surface area contributed by atoms with E-state index in [0.717, 1.165) is 82.9 Å². The van der Waals surface area contributed by atoms with Gasteiger partial charge in [0, 0.05) is 47.1 Å². The monoisotopic (exact) mass is 815 g/mol. The van der Waals surface area contributed by atoms with Crippen LogP contribution in [0.5, 0.6) is 23.0 Å². The van der Waals surface area contributed by atoms with Crippen LogP contribution in [0, 0.1) is 29.4 Å². The van der Waals surface area contributed by atoms with Gasteiger partial charge in [0.25, 0.3) is 0 Å². The number of carbonyl (C=O) groups excluding carboxylic acids is 2. The van der Waals surface area contributed by atoms with Gasteiger partial charge in [0.1, 0.15) is 28.6 Å². The highest BCUT2D eigenvalue weighted by Crippen LogP contribution is 2.42. The fraction of sp³-hybridized carbons (Fsp3) is 0.326. The van der Waals surface area contributed by atoms with Crippen molar-refractivity contribution < 1.29 is 55.6 Å². The number of ether oxygens (including phenoxy) is 6. The van der Waals surface area contributed by atoms with Crippen LogP contribution in [0.15, 0.2) is 84.9 Å². The molecule has 1 aliphatic rings. The first-order chi connectivity index (χ1) is 28.3. The van der Waals surface area contributed by atoms with E-state index in [9.17, 15) is 9.59 Å². The summed E-state index contributed by atoms with van der Waals surface area (Å²) in [5.74, 6) is -4.47. The molecule has 1 fully saturated rings. The van der Waals surface area contributed by atoms with Crippen molar-refractivity contribution >= 4 is 28.9 Å². The van der Waals surface area contributed by atoms with E-state index in [1.54, 1.807) is 31.2 Å². The third-order valence-electron chi connectivity index (χ3n) is 10.2. The van der Waals surface area contributed by atoms with Crippen LogP contribution < -0.4 is 18.9 Å². The second-order valence-electron chi connectivity index (χ2n) is 14.5. The Morgan fingerprint density at radius 3 is 2.20 bits per heavy atom. The zero-order valence-electron chi connectivity index (χ0n) is 33.0. The van der Waals surface area contributed by atoms with Crippen molar-refractivity contribution in [3.63, 3.8) is 0 Å². The van der Waals surface area contributed by atoms with Gasteiger partial charge in [-0.3, -0.25) is 4.79 Å². The number of fused-ring (bicyclic) bond motifs is 1. The molecule has 9 nitrogen and oxygen atoms in total. The van der Waals surface area contributed by atoms with Gasteiger partial charge in [0.15, 0.2) is 11.6 Å². The van der Waals surface area contributed by atoms with Crippen LogP contribution in [0.3, 0.4) is 0 Å². The van der Waals surface area contributed by atoms with Gasteiger partial charge in [0.2, 0.25) is 0 Å². The second kappa shape index (κ2) is 18.9. The average molecular weight is 816 g/mol. The smallest absolute Gasteiger partial charge is 0.429 e. The van der Waals surface area contributed by atoms with Crippen LogP contribution in [0.4, 0.5) is 17.6 Å². The van der Waals surface area contributed by atoms with E-state index in [4.69, 9.17) is 33.8 Å². The number of esters is 2. The summed E-state index contributed by atoms with van der Waals surface area (Å²) in [7, 11) is 0. The zero-order valence-corrected chi connectivity index (χ0v) is 33.0. The Morgan fingerprint density at radius 2 is 1.56 bits per heavy atom. The van der Waals surface area contributed by atoms with Crippen LogP contribution in [0.2, 0.25) is 0 Å². The molecule has 5 aromatic carbocycles. The third kappa shape index (κ3) is 10.1. The molecule has 0 amide bonds. The predicted octanol–water partition coefficient (Wildman–Crippen LogP) is 10.7. The summed E-state index contributed by atoms with van der Waals surface area (Å²) in [6.45, 7) is 8.69. The minimum atomic E-state index is -4.39. The number of benzene rings is 5. The van der Waals surface area contributed by atoms with Gasteiger partial charge < -0.3 is 33.8 Å². The van der Waals surface area contributed by atoms with Crippen LogP contribution in [-0.2, 0) is 20.4 Å². The number of alkyl halides is 2. The Morgan fingerprint density at radius 1 is 0.847 bits per heavy atom. The molecule has 1 N–H and O–H groups in total. The van der Waals surface area contributed by atoms with Gasteiger partial charge in [-0.05, 0) is 86.2 Å². The lowest BCUT2D eigenvalue weighted by Crippen LogP contribution is -2.45. The van der Waals surface area contributed by atoms with Crippen LogP contribution in [0.1, 0.15) is 73.0 Å². The summed E-state index contributed by atoms with van der Waals surface area (Å²) in [6.07, 6.45) is 1.32. The Bertz CT molecular complexity index is 2300. The van der Waals surface area contributed by atoms with Gasteiger partial charge in [-0.1, -0.05) is 55.8 Å². The minimum absolute atomic E-state index is 0.0621. The Hall–Kier alpha value is -5.79. The first-order valence-corrected chi connectivity index (χ1v) is 19.4. The van der Waals surface area contributed by atoms with Gasteiger partial charge >= 0.3 is 18.0 Å². The molecule has 0 radical (unpaired) electrons. The fourth-order valence-corrected chi connectivity index (χ4v) is 6.70. The highest BCUT2D eigenvalue weighted by molar-refractivity contribution is 6.03. The number of halogens is 4. The number of rotatable bonds is 19. The van der Waals surface area contributed by atoms with Crippen molar-refractivity contribution in [3.8, 4) is 34.1 Å². The Kier molecular flexibility index (Phi) is 13.7. The lowest BCUT2D eigenvalue weighted by molar-refractivity contribution is -0.187. The van der Waals surface area contributed by atoms with Gasteiger partial charge in [-0.15, -0.1) is 0 Å². The minimum Gasteiger partial charge on any atom is -0.493 e. The molecule has 0 aliphatic carbocycles. The maximum atomic E-state index is 15.7. The molecule has 6 rings (SSSR count). The molecule has 0 spiro atoms. The van der Waals surface area contributed by atoms with Gasteiger partial charge in [-0.25, -0.2) is 13.6 Å². The summed E-state index contributed by atoms with van der Waals surface area (Å²) in [5, 5.41) is 8.25. The van der Waals surface area contributed by atoms with E-state index in [0.29, 0.717) is 17.9 Å². The Balaban J connectivity index is 1.10. The summed E-state index contributed by atoms with van der Waals surface area (Å²) in [6, 6.07) is 19.1. The quantitative estimate of drug-likeness (QED) is 0.0288. The summed E-state index contributed by atoms with van der Waals surface area (Å²) < 4.78 is 95.1. The highest BCUT2D eigenvalue weighted by Gasteiger charge is 2.40. The van der Waals surface area contributed by atoms with E-state index in [1.165, 1.54) is 49.4 Å². The van der Waals surface area contributed by atoms with E-state index < -0.39 is 41.0 Å². The molecule has 5 aromatic rings. The van der Waals surface area contributed by atoms with Crippen molar-refractivity contribution in [1.82, 2.24) is 0 Å². The number of carbonyl (C=O) groups is 2. The van der Waals surface area contributed by atoms with Crippen LogP contribution in [0.25, 0.3) is 21.9 Å². The maximum absolute atomic E-state index is 15.7. The van der Waals surface area contributed by atoms with Crippen LogP contribution >= 0.6 is 0 Å².